The van der Waals surface area contributed by atoms with Gasteiger partial charge in [-0.05, 0) is 24.5 Å². The number of rotatable bonds is 3. The minimum atomic E-state index is 0.0722. The fourth-order valence-electron chi connectivity index (χ4n) is 2.68. The van der Waals surface area contributed by atoms with Gasteiger partial charge in [-0.2, -0.15) is 0 Å². The highest BCUT2D eigenvalue weighted by molar-refractivity contribution is 5.74. The average Bonchev–Trinajstić information content (AvgIpc) is 2.82. The number of aromatic nitrogens is 1. The molecule has 2 rings (SSSR count). The Morgan fingerprint density at radius 2 is 2.28 bits per heavy atom. The zero-order valence-electron chi connectivity index (χ0n) is 11.5. The van der Waals surface area contributed by atoms with Crippen LogP contribution in [0.4, 0.5) is 4.79 Å². The SMILES string of the molecule is CCCNC(=O)N1CCn2cccc2C1C(C)C. The van der Waals surface area contributed by atoms with Gasteiger partial charge in [0.25, 0.3) is 0 Å². The van der Waals surface area contributed by atoms with E-state index in [0.717, 1.165) is 26.1 Å². The van der Waals surface area contributed by atoms with Crippen LogP contribution in [0.5, 0.6) is 0 Å². The van der Waals surface area contributed by atoms with Crippen molar-refractivity contribution in [2.24, 2.45) is 5.92 Å². The lowest BCUT2D eigenvalue weighted by Crippen LogP contribution is -2.48. The van der Waals surface area contributed by atoms with Crippen molar-refractivity contribution in [2.45, 2.75) is 39.8 Å². The lowest BCUT2D eigenvalue weighted by molar-refractivity contribution is 0.133. The molecular weight excluding hydrogens is 226 g/mol. The highest BCUT2D eigenvalue weighted by Crippen LogP contribution is 2.32. The first-order valence-corrected chi connectivity index (χ1v) is 6.84. The number of amides is 2. The topological polar surface area (TPSA) is 37.3 Å². The molecule has 18 heavy (non-hydrogen) atoms. The second-order valence-electron chi connectivity index (χ2n) is 5.24. The van der Waals surface area contributed by atoms with Gasteiger partial charge in [-0.1, -0.05) is 20.8 Å². The molecule has 0 spiro atoms. The molecule has 2 heterocycles. The molecule has 0 fully saturated rings. The Kier molecular flexibility index (Phi) is 3.94. The summed E-state index contributed by atoms with van der Waals surface area (Å²) in [5.74, 6) is 0.423. The summed E-state index contributed by atoms with van der Waals surface area (Å²) in [7, 11) is 0. The molecule has 0 aliphatic carbocycles. The number of nitrogens with one attached hydrogen (secondary N) is 1. The van der Waals surface area contributed by atoms with Gasteiger partial charge in [-0.15, -0.1) is 0 Å². The molecule has 4 heteroatoms. The third kappa shape index (κ3) is 2.37. The van der Waals surface area contributed by atoms with E-state index in [9.17, 15) is 4.79 Å². The van der Waals surface area contributed by atoms with E-state index in [1.54, 1.807) is 0 Å². The zero-order valence-corrected chi connectivity index (χ0v) is 11.5. The van der Waals surface area contributed by atoms with E-state index in [0.29, 0.717) is 5.92 Å². The lowest BCUT2D eigenvalue weighted by Gasteiger charge is -2.39. The molecule has 1 unspecified atom stereocenters. The van der Waals surface area contributed by atoms with Crippen molar-refractivity contribution in [3.63, 3.8) is 0 Å². The van der Waals surface area contributed by atoms with Gasteiger partial charge in [-0.3, -0.25) is 0 Å². The number of hydrogen-bond acceptors (Lipinski definition) is 1. The standard InChI is InChI=1S/C14H23N3O/c1-4-7-15-14(18)17-10-9-16-8-5-6-12(16)13(17)11(2)3/h5-6,8,11,13H,4,7,9-10H2,1-3H3,(H,15,18). The van der Waals surface area contributed by atoms with Crippen molar-refractivity contribution in [2.75, 3.05) is 13.1 Å². The quantitative estimate of drug-likeness (QED) is 0.878. The van der Waals surface area contributed by atoms with Crippen LogP contribution in [-0.2, 0) is 6.54 Å². The highest BCUT2D eigenvalue weighted by atomic mass is 16.2. The summed E-state index contributed by atoms with van der Waals surface area (Å²) in [5, 5.41) is 2.99. The van der Waals surface area contributed by atoms with Crippen molar-refractivity contribution in [1.82, 2.24) is 14.8 Å². The summed E-state index contributed by atoms with van der Waals surface area (Å²) in [6.45, 7) is 8.86. The second kappa shape index (κ2) is 5.46. The van der Waals surface area contributed by atoms with Gasteiger partial charge in [0.15, 0.2) is 0 Å². The summed E-state index contributed by atoms with van der Waals surface area (Å²) < 4.78 is 2.26. The zero-order chi connectivity index (χ0) is 13.1. The van der Waals surface area contributed by atoms with Crippen molar-refractivity contribution >= 4 is 6.03 Å². The van der Waals surface area contributed by atoms with E-state index < -0.39 is 0 Å². The predicted octanol–water partition coefficient (Wildman–Crippen LogP) is 2.62. The number of hydrogen-bond donors (Lipinski definition) is 1. The van der Waals surface area contributed by atoms with Crippen LogP contribution in [0, 0.1) is 5.92 Å². The Hall–Kier alpha value is -1.45. The summed E-state index contributed by atoms with van der Waals surface area (Å²) in [5.41, 5.74) is 1.25. The minimum absolute atomic E-state index is 0.0722. The number of carbonyl (C=O) groups excluding carboxylic acids is 1. The number of nitrogens with zero attached hydrogens (tertiary/aromatic N) is 2. The summed E-state index contributed by atoms with van der Waals surface area (Å²) in [4.78, 5) is 14.2. The maximum absolute atomic E-state index is 12.2. The summed E-state index contributed by atoms with van der Waals surface area (Å²) >= 11 is 0. The summed E-state index contributed by atoms with van der Waals surface area (Å²) in [6.07, 6.45) is 3.08. The van der Waals surface area contributed by atoms with E-state index in [4.69, 9.17) is 0 Å². The van der Waals surface area contributed by atoms with Gasteiger partial charge in [0.1, 0.15) is 0 Å². The Labute approximate surface area is 109 Å². The molecule has 0 saturated carbocycles. The summed E-state index contributed by atoms with van der Waals surface area (Å²) in [6, 6.07) is 4.45. The molecule has 2 amide bonds. The van der Waals surface area contributed by atoms with Crippen LogP contribution in [0.15, 0.2) is 18.3 Å². The first kappa shape index (κ1) is 13.0. The first-order chi connectivity index (χ1) is 8.65. The molecule has 0 bridgehead atoms. The van der Waals surface area contributed by atoms with E-state index in [-0.39, 0.29) is 12.1 Å². The van der Waals surface area contributed by atoms with Gasteiger partial charge < -0.3 is 14.8 Å². The van der Waals surface area contributed by atoms with Crippen LogP contribution in [0.25, 0.3) is 0 Å². The molecule has 1 aliphatic rings. The van der Waals surface area contributed by atoms with Crippen LogP contribution < -0.4 is 5.32 Å². The number of fused-ring (bicyclic) bond motifs is 1. The first-order valence-electron chi connectivity index (χ1n) is 6.84. The molecular formula is C14H23N3O. The molecule has 4 nitrogen and oxygen atoms in total. The van der Waals surface area contributed by atoms with Crippen LogP contribution in [0.3, 0.4) is 0 Å². The Bertz CT molecular complexity index is 411. The van der Waals surface area contributed by atoms with Gasteiger partial charge in [0.05, 0.1) is 6.04 Å². The van der Waals surface area contributed by atoms with Crippen LogP contribution in [0.1, 0.15) is 38.9 Å². The van der Waals surface area contributed by atoms with Crippen LogP contribution in [0.2, 0.25) is 0 Å². The third-order valence-electron chi connectivity index (χ3n) is 3.50. The molecule has 1 aliphatic heterocycles. The van der Waals surface area contributed by atoms with E-state index in [1.807, 2.05) is 4.90 Å². The van der Waals surface area contributed by atoms with Crippen molar-refractivity contribution in [3.8, 4) is 0 Å². The molecule has 1 aromatic heterocycles. The molecule has 0 radical (unpaired) electrons. The molecule has 100 valence electrons. The van der Waals surface area contributed by atoms with Gasteiger partial charge >= 0.3 is 6.03 Å². The normalized spacial score (nSPS) is 18.9. The molecule has 1 aromatic rings. The fourth-order valence-corrected chi connectivity index (χ4v) is 2.68. The van der Waals surface area contributed by atoms with Crippen molar-refractivity contribution < 1.29 is 4.79 Å². The van der Waals surface area contributed by atoms with Gasteiger partial charge in [-0.25, -0.2) is 4.79 Å². The lowest BCUT2D eigenvalue weighted by atomic mass is 9.97. The minimum Gasteiger partial charge on any atom is -0.348 e. The smallest absolute Gasteiger partial charge is 0.318 e. The largest absolute Gasteiger partial charge is 0.348 e. The monoisotopic (exact) mass is 249 g/mol. The van der Waals surface area contributed by atoms with Gasteiger partial charge in [0, 0.05) is 31.5 Å². The number of urea groups is 1. The van der Waals surface area contributed by atoms with Crippen molar-refractivity contribution in [1.29, 1.82) is 0 Å². The second-order valence-corrected chi connectivity index (χ2v) is 5.24. The maximum atomic E-state index is 12.2. The molecule has 1 atom stereocenters. The van der Waals surface area contributed by atoms with E-state index in [1.165, 1.54) is 5.69 Å². The highest BCUT2D eigenvalue weighted by Gasteiger charge is 2.32. The van der Waals surface area contributed by atoms with Crippen LogP contribution >= 0.6 is 0 Å². The average molecular weight is 249 g/mol. The predicted molar refractivity (Wildman–Crippen MR) is 72.4 cm³/mol. The van der Waals surface area contributed by atoms with Gasteiger partial charge in [0.2, 0.25) is 0 Å². The third-order valence-corrected chi connectivity index (χ3v) is 3.50. The van der Waals surface area contributed by atoms with E-state index in [2.05, 4.69) is 49.0 Å². The maximum Gasteiger partial charge on any atom is 0.318 e. The number of carbonyl (C=O) groups is 1. The molecule has 1 N–H and O–H groups in total. The van der Waals surface area contributed by atoms with E-state index >= 15 is 0 Å². The Morgan fingerprint density at radius 3 is 2.94 bits per heavy atom. The molecule has 0 aromatic carbocycles. The molecule has 0 saturated heterocycles. The fraction of sp³-hybridized carbons (Fsp3) is 0.643. The van der Waals surface area contributed by atoms with Crippen LogP contribution in [-0.4, -0.2) is 28.6 Å². The van der Waals surface area contributed by atoms with Crippen molar-refractivity contribution in [3.05, 3.63) is 24.0 Å². The Morgan fingerprint density at radius 1 is 1.50 bits per heavy atom. The Balaban J connectivity index is 2.19.